The molecule has 2 bridgehead atoms. The van der Waals surface area contributed by atoms with E-state index >= 15 is 0 Å². The first-order valence-corrected chi connectivity index (χ1v) is 8.48. The maximum absolute atomic E-state index is 13.1. The number of rotatable bonds is 0. The minimum atomic E-state index is -0.550. The average molecular weight is 291 g/mol. The molecule has 6 atom stereocenters. The van der Waals surface area contributed by atoms with Crippen molar-refractivity contribution in [3.8, 4) is 0 Å². The number of aliphatic hydroxyl groups excluding tert-OH is 1. The van der Waals surface area contributed by atoms with Crippen molar-refractivity contribution in [2.24, 2.45) is 22.7 Å². The third-order valence-corrected chi connectivity index (χ3v) is 7.04. The zero-order chi connectivity index (χ0) is 14.8. The Kier molecular flexibility index (Phi) is 2.90. The number of carbonyl (C=O) groups excluding carboxylic acids is 2. The van der Waals surface area contributed by atoms with Crippen molar-refractivity contribution in [2.45, 2.75) is 51.6 Å². The van der Waals surface area contributed by atoms with Gasteiger partial charge >= 0.3 is 0 Å². The standard InChI is InChI=1S/C17H25NO3/c1-11-8-14(20)17-5-3-7-18-6-2-4-16(17,10-18)13(19)9-12(17)15(11)21/h11-12,15,21H,2-10H2,1H3/t11-,12+,15-,16+,17+/m0/s1. The van der Waals surface area contributed by atoms with Crippen LogP contribution in [-0.4, -0.2) is 47.3 Å². The lowest BCUT2D eigenvalue weighted by Crippen LogP contribution is -2.60. The molecule has 0 aromatic rings. The van der Waals surface area contributed by atoms with Crippen LogP contribution in [0.1, 0.15) is 45.4 Å². The topological polar surface area (TPSA) is 57.6 Å². The number of ketones is 2. The minimum Gasteiger partial charge on any atom is -0.392 e. The van der Waals surface area contributed by atoms with E-state index in [1.807, 2.05) is 6.92 Å². The van der Waals surface area contributed by atoms with E-state index in [1.165, 1.54) is 0 Å². The van der Waals surface area contributed by atoms with Gasteiger partial charge in [-0.1, -0.05) is 6.92 Å². The predicted octanol–water partition coefficient (Wildman–Crippen LogP) is 1.41. The van der Waals surface area contributed by atoms with Crippen molar-refractivity contribution in [1.82, 2.24) is 4.90 Å². The fourth-order valence-corrected chi connectivity index (χ4v) is 6.12. The molecule has 4 fully saturated rings. The van der Waals surface area contributed by atoms with Gasteiger partial charge in [-0.05, 0) is 44.7 Å². The summed E-state index contributed by atoms with van der Waals surface area (Å²) in [5.74, 6) is 0.416. The van der Waals surface area contributed by atoms with Gasteiger partial charge in [0.05, 0.1) is 11.5 Å². The van der Waals surface area contributed by atoms with E-state index in [0.717, 1.165) is 45.3 Å². The van der Waals surface area contributed by atoms with Gasteiger partial charge in [0.2, 0.25) is 0 Å². The molecule has 1 N–H and O–H groups in total. The van der Waals surface area contributed by atoms with Crippen molar-refractivity contribution < 1.29 is 14.7 Å². The van der Waals surface area contributed by atoms with Crippen LogP contribution < -0.4 is 0 Å². The van der Waals surface area contributed by atoms with Crippen molar-refractivity contribution in [2.75, 3.05) is 19.6 Å². The van der Waals surface area contributed by atoms with E-state index in [9.17, 15) is 14.7 Å². The molecule has 4 heteroatoms. The van der Waals surface area contributed by atoms with E-state index in [2.05, 4.69) is 4.90 Å². The highest BCUT2D eigenvalue weighted by atomic mass is 16.3. The molecule has 4 rings (SSSR count). The van der Waals surface area contributed by atoms with Crippen LogP contribution in [-0.2, 0) is 9.59 Å². The van der Waals surface area contributed by atoms with Crippen LogP contribution in [0.2, 0.25) is 0 Å². The van der Waals surface area contributed by atoms with Crippen molar-refractivity contribution in [3.05, 3.63) is 0 Å². The Bertz CT molecular complexity index is 504. The highest BCUT2D eigenvalue weighted by Crippen LogP contribution is 2.65. The largest absolute Gasteiger partial charge is 0.392 e. The van der Waals surface area contributed by atoms with E-state index < -0.39 is 16.9 Å². The first kappa shape index (κ1) is 13.9. The third-order valence-electron chi connectivity index (χ3n) is 7.04. The molecule has 4 aliphatic rings. The predicted molar refractivity (Wildman–Crippen MR) is 77.7 cm³/mol. The Balaban J connectivity index is 1.88. The summed E-state index contributed by atoms with van der Waals surface area (Å²) in [5, 5.41) is 10.7. The van der Waals surface area contributed by atoms with Crippen LogP contribution in [0.4, 0.5) is 0 Å². The van der Waals surface area contributed by atoms with Gasteiger partial charge in [0, 0.05) is 30.7 Å². The average Bonchev–Trinajstić information content (AvgIpc) is 2.61. The molecule has 2 saturated carbocycles. The molecule has 2 spiro atoms. The summed E-state index contributed by atoms with van der Waals surface area (Å²) >= 11 is 0. The van der Waals surface area contributed by atoms with Crippen molar-refractivity contribution >= 4 is 11.6 Å². The van der Waals surface area contributed by atoms with Crippen LogP contribution in [0.5, 0.6) is 0 Å². The van der Waals surface area contributed by atoms with Gasteiger partial charge in [-0.3, -0.25) is 9.59 Å². The first-order chi connectivity index (χ1) is 10.0. The van der Waals surface area contributed by atoms with E-state index in [-0.39, 0.29) is 23.4 Å². The number of piperidine rings is 1. The van der Waals surface area contributed by atoms with E-state index in [0.29, 0.717) is 12.8 Å². The molecule has 2 heterocycles. The molecule has 4 nitrogen and oxygen atoms in total. The molecular weight excluding hydrogens is 266 g/mol. The van der Waals surface area contributed by atoms with Crippen LogP contribution in [0.3, 0.4) is 0 Å². The van der Waals surface area contributed by atoms with Gasteiger partial charge < -0.3 is 10.0 Å². The Morgan fingerprint density at radius 3 is 2.57 bits per heavy atom. The third kappa shape index (κ3) is 1.53. The molecule has 116 valence electrons. The normalized spacial score (nSPS) is 53.0. The zero-order valence-corrected chi connectivity index (χ0v) is 12.8. The molecule has 0 radical (unpaired) electrons. The Morgan fingerprint density at radius 1 is 1.10 bits per heavy atom. The second kappa shape index (κ2) is 4.39. The second-order valence-electron chi connectivity index (χ2n) is 7.87. The van der Waals surface area contributed by atoms with Crippen LogP contribution in [0.15, 0.2) is 0 Å². The number of nitrogens with zero attached hydrogens (tertiary/aromatic N) is 1. The summed E-state index contributed by atoms with van der Waals surface area (Å²) in [7, 11) is 0. The Labute approximate surface area is 125 Å². The molecule has 2 saturated heterocycles. The number of Topliss-reactive ketones (excluding diaryl/α,β-unsaturated/α-hetero) is 2. The second-order valence-corrected chi connectivity index (χ2v) is 7.87. The molecular formula is C17H25NO3. The number of carbonyl (C=O) groups is 2. The lowest BCUT2D eigenvalue weighted by molar-refractivity contribution is -0.161. The summed E-state index contributed by atoms with van der Waals surface area (Å²) in [6.45, 7) is 4.77. The number of aliphatic hydroxyl groups is 1. The number of fused-ring (bicyclic) bond motifs is 1. The highest BCUT2D eigenvalue weighted by molar-refractivity contribution is 6.00. The summed E-state index contributed by atoms with van der Waals surface area (Å²) in [5.41, 5.74) is -1.03. The van der Waals surface area contributed by atoms with Gasteiger partial charge in [-0.25, -0.2) is 0 Å². The molecule has 21 heavy (non-hydrogen) atoms. The molecule has 2 aliphatic carbocycles. The summed E-state index contributed by atoms with van der Waals surface area (Å²) in [6.07, 6.45) is 4.04. The smallest absolute Gasteiger partial charge is 0.141 e. The fraction of sp³-hybridized carbons (Fsp3) is 0.882. The first-order valence-electron chi connectivity index (χ1n) is 8.48. The van der Waals surface area contributed by atoms with Crippen LogP contribution >= 0.6 is 0 Å². The quantitative estimate of drug-likeness (QED) is 0.733. The minimum absolute atomic E-state index is 0.000906. The monoisotopic (exact) mass is 291 g/mol. The molecule has 0 amide bonds. The number of hydrogen-bond donors (Lipinski definition) is 1. The van der Waals surface area contributed by atoms with Gasteiger partial charge in [0.15, 0.2) is 0 Å². The molecule has 1 unspecified atom stereocenters. The van der Waals surface area contributed by atoms with Gasteiger partial charge in [-0.2, -0.15) is 0 Å². The Morgan fingerprint density at radius 2 is 1.81 bits per heavy atom. The van der Waals surface area contributed by atoms with Crippen LogP contribution in [0.25, 0.3) is 0 Å². The van der Waals surface area contributed by atoms with Crippen molar-refractivity contribution in [1.29, 1.82) is 0 Å². The van der Waals surface area contributed by atoms with Crippen molar-refractivity contribution in [3.63, 3.8) is 0 Å². The Hall–Kier alpha value is -0.740. The SMILES string of the molecule is C[C@H]1CC(=O)[C@]23CCCN4CCC[C@@]2(C4)C(=O)C[C@@H]3[C@H]1O. The van der Waals surface area contributed by atoms with Gasteiger partial charge in [-0.15, -0.1) is 0 Å². The van der Waals surface area contributed by atoms with E-state index in [1.54, 1.807) is 0 Å². The van der Waals surface area contributed by atoms with Gasteiger partial charge in [0.1, 0.15) is 11.6 Å². The molecule has 2 aliphatic heterocycles. The summed E-state index contributed by atoms with van der Waals surface area (Å²) in [6, 6.07) is 0. The lowest BCUT2D eigenvalue weighted by atomic mass is 9.51. The molecule has 0 aromatic heterocycles. The fourth-order valence-electron chi connectivity index (χ4n) is 6.12. The summed E-state index contributed by atoms with van der Waals surface area (Å²) in [4.78, 5) is 28.4. The van der Waals surface area contributed by atoms with Gasteiger partial charge in [0.25, 0.3) is 0 Å². The highest BCUT2D eigenvalue weighted by Gasteiger charge is 2.71. The van der Waals surface area contributed by atoms with Crippen LogP contribution in [0, 0.1) is 22.7 Å². The number of hydrogen-bond acceptors (Lipinski definition) is 4. The maximum atomic E-state index is 13.1. The maximum Gasteiger partial charge on any atom is 0.141 e. The zero-order valence-electron chi connectivity index (χ0n) is 12.8. The molecule has 0 aromatic carbocycles. The lowest BCUT2D eigenvalue weighted by Gasteiger charge is -2.52. The van der Waals surface area contributed by atoms with E-state index in [4.69, 9.17) is 0 Å². The summed E-state index contributed by atoms with van der Waals surface area (Å²) < 4.78 is 0.